The Kier molecular flexibility index (Phi) is 8.14. The van der Waals surface area contributed by atoms with Gasteiger partial charge in [-0.1, -0.05) is 29.8 Å². The number of anilines is 6. The SMILES string of the molecule is O=C(C[C@@H]1CCCN(C(=O)Nc2ccccc2)C1)Nc1ccc2cc1CCc1cncc(c1)Nc1ncc(Cl)c(n1)N2. The fraction of sp³-hybridized carbons (Fsp3) is 0.258. The zero-order valence-electron chi connectivity index (χ0n) is 22.9. The van der Waals surface area contributed by atoms with Crippen LogP contribution in [0.1, 0.15) is 30.4 Å². The van der Waals surface area contributed by atoms with Crippen LogP contribution >= 0.6 is 11.6 Å². The molecule has 0 radical (unpaired) electrons. The van der Waals surface area contributed by atoms with Crippen LogP contribution in [0.5, 0.6) is 0 Å². The summed E-state index contributed by atoms with van der Waals surface area (Å²) in [5.74, 6) is 0.893. The lowest BCUT2D eigenvalue weighted by molar-refractivity contribution is -0.117. The van der Waals surface area contributed by atoms with Gasteiger partial charge in [0.25, 0.3) is 0 Å². The Morgan fingerprint density at radius 2 is 1.86 bits per heavy atom. The molecule has 3 amide bonds. The molecular weight excluding hydrogens is 552 g/mol. The number of benzene rings is 2. The number of aryl methyl sites for hydroxylation is 2. The quantitative estimate of drug-likeness (QED) is 0.220. The second-order valence-electron chi connectivity index (χ2n) is 10.6. The molecule has 6 rings (SSSR count). The third-order valence-electron chi connectivity index (χ3n) is 7.43. The summed E-state index contributed by atoms with van der Waals surface area (Å²) in [6.07, 6.45) is 8.61. The van der Waals surface area contributed by atoms with Gasteiger partial charge in [-0.05, 0) is 79.1 Å². The Balaban J connectivity index is 1.16. The normalized spacial score (nSPS) is 16.0. The van der Waals surface area contributed by atoms with Crippen LogP contribution in [-0.2, 0) is 17.6 Å². The van der Waals surface area contributed by atoms with E-state index in [1.807, 2.05) is 60.8 Å². The number of rotatable bonds is 4. The summed E-state index contributed by atoms with van der Waals surface area (Å²) in [4.78, 5) is 41.0. The Bertz CT molecular complexity index is 1600. The van der Waals surface area contributed by atoms with Gasteiger partial charge in [0.2, 0.25) is 11.9 Å². The van der Waals surface area contributed by atoms with E-state index in [4.69, 9.17) is 11.6 Å². The van der Waals surface area contributed by atoms with E-state index in [9.17, 15) is 9.59 Å². The van der Waals surface area contributed by atoms with Crippen molar-refractivity contribution in [3.63, 3.8) is 0 Å². The summed E-state index contributed by atoms with van der Waals surface area (Å²) in [5.41, 5.74) is 5.11. The summed E-state index contributed by atoms with van der Waals surface area (Å²) in [7, 11) is 0. The number of urea groups is 1. The molecule has 0 saturated carbocycles. The van der Waals surface area contributed by atoms with Gasteiger partial charge in [0, 0.05) is 42.8 Å². The van der Waals surface area contributed by atoms with Gasteiger partial charge in [-0.25, -0.2) is 9.78 Å². The van der Waals surface area contributed by atoms with Gasteiger partial charge in [0.05, 0.1) is 18.1 Å². The number of hydrogen-bond acceptors (Lipinski definition) is 7. The summed E-state index contributed by atoms with van der Waals surface area (Å²) in [5, 5.41) is 12.9. The lowest BCUT2D eigenvalue weighted by atomic mass is 9.94. The van der Waals surface area contributed by atoms with Crippen molar-refractivity contribution in [2.45, 2.75) is 32.1 Å². The van der Waals surface area contributed by atoms with Crippen LogP contribution in [0.3, 0.4) is 0 Å². The van der Waals surface area contributed by atoms with Gasteiger partial charge in [0.1, 0.15) is 5.02 Å². The molecule has 4 heterocycles. The fourth-order valence-electron chi connectivity index (χ4n) is 5.36. The van der Waals surface area contributed by atoms with Crippen molar-refractivity contribution in [1.82, 2.24) is 19.9 Å². The molecule has 2 aliphatic heterocycles. The lowest BCUT2D eigenvalue weighted by Crippen LogP contribution is -2.43. The van der Waals surface area contributed by atoms with Gasteiger partial charge in [-0.3, -0.25) is 9.78 Å². The van der Waals surface area contributed by atoms with E-state index in [1.54, 1.807) is 17.3 Å². The monoisotopic (exact) mass is 582 g/mol. The Hall–Kier alpha value is -4.70. The maximum absolute atomic E-state index is 13.2. The molecule has 1 saturated heterocycles. The zero-order chi connectivity index (χ0) is 28.9. The van der Waals surface area contributed by atoms with Crippen LogP contribution in [0.25, 0.3) is 0 Å². The molecule has 11 heteroatoms. The molecule has 42 heavy (non-hydrogen) atoms. The maximum Gasteiger partial charge on any atom is 0.321 e. The number of hydrogen-bond donors (Lipinski definition) is 4. The van der Waals surface area contributed by atoms with E-state index in [2.05, 4.69) is 36.2 Å². The molecule has 4 aromatic rings. The van der Waals surface area contributed by atoms with Crippen molar-refractivity contribution in [2.75, 3.05) is 34.4 Å². The highest BCUT2D eigenvalue weighted by atomic mass is 35.5. The van der Waals surface area contributed by atoms with Crippen LogP contribution in [0.15, 0.2) is 73.2 Å². The van der Waals surface area contributed by atoms with Crippen LogP contribution < -0.4 is 21.3 Å². The van der Waals surface area contributed by atoms with E-state index in [-0.39, 0.29) is 17.9 Å². The Labute approximate surface area is 248 Å². The van der Waals surface area contributed by atoms with Crippen molar-refractivity contribution in [2.24, 2.45) is 5.92 Å². The van der Waals surface area contributed by atoms with Crippen LogP contribution in [-0.4, -0.2) is 44.9 Å². The van der Waals surface area contributed by atoms with Gasteiger partial charge >= 0.3 is 6.03 Å². The van der Waals surface area contributed by atoms with Crippen molar-refractivity contribution in [3.8, 4) is 0 Å². The first-order valence-corrected chi connectivity index (χ1v) is 14.4. The van der Waals surface area contributed by atoms with Gasteiger partial charge in [0.15, 0.2) is 5.82 Å². The number of pyridine rings is 1. The highest BCUT2D eigenvalue weighted by Gasteiger charge is 2.26. The number of nitrogens with zero attached hydrogens (tertiary/aromatic N) is 4. The number of nitrogens with one attached hydrogen (secondary N) is 4. The van der Waals surface area contributed by atoms with Crippen molar-refractivity contribution >= 4 is 58.1 Å². The van der Waals surface area contributed by atoms with Gasteiger partial charge < -0.3 is 26.2 Å². The van der Waals surface area contributed by atoms with Crippen molar-refractivity contribution < 1.29 is 9.59 Å². The van der Waals surface area contributed by atoms with Crippen molar-refractivity contribution in [3.05, 3.63) is 89.3 Å². The molecule has 0 spiro atoms. The average molecular weight is 583 g/mol. The number of likely N-dealkylation sites (tertiary alicyclic amines) is 1. The average Bonchev–Trinajstić information content (AvgIpc) is 3.00. The first-order chi connectivity index (χ1) is 20.5. The smallest absolute Gasteiger partial charge is 0.321 e. The summed E-state index contributed by atoms with van der Waals surface area (Å²) in [6, 6.07) is 17.1. The molecule has 0 unspecified atom stereocenters. The van der Waals surface area contributed by atoms with Crippen LogP contribution in [0.2, 0.25) is 5.02 Å². The van der Waals surface area contributed by atoms with Crippen LogP contribution in [0.4, 0.5) is 39.3 Å². The molecule has 2 aliphatic rings. The topological polar surface area (TPSA) is 124 Å². The van der Waals surface area contributed by atoms with Crippen LogP contribution in [0, 0.1) is 5.92 Å². The Morgan fingerprint density at radius 3 is 2.74 bits per heavy atom. The number of carbonyl (C=O) groups is 2. The minimum atomic E-state index is -0.134. The molecule has 1 fully saturated rings. The fourth-order valence-corrected chi connectivity index (χ4v) is 5.49. The summed E-state index contributed by atoms with van der Waals surface area (Å²) < 4.78 is 0. The number of amides is 3. The molecule has 6 bridgehead atoms. The van der Waals surface area contributed by atoms with Crippen molar-refractivity contribution in [1.29, 1.82) is 0 Å². The predicted molar refractivity (Wildman–Crippen MR) is 165 cm³/mol. The third-order valence-corrected chi connectivity index (χ3v) is 7.70. The number of para-hydroxylation sites is 1. The molecule has 0 aliphatic carbocycles. The van der Waals surface area contributed by atoms with Gasteiger partial charge in [-0.2, -0.15) is 4.98 Å². The molecule has 4 N–H and O–H groups in total. The number of aromatic nitrogens is 3. The van der Waals surface area contributed by atoms with Gasteiger partial charge in [-0.15, -0.1) is 0 Å². The van der Waals surface area contributed by atoms with E-state index < -0.39 is 0 Å². The highest BCUT2D eigenvalue weighted by Crippen LogP contribution is 2.30. The third kappa shape index (κ3) is 6.77. The number of piperidine rings is 1. The summed E-state index contributed by atoms with van der Waals surface area (Å²) in [6.45, 7) is 1.22. The molecule has 1 atom stereocenters. The minimum absolute atomic E-state index is 0.0680. The standard InChI is InChI=1S/C31H31ClN8O2/c32-26-18-34-30-36-25-13-20(16-33-17-25)8-9-22-15-24(35-29(26)39-30)10-11-27(22)38-28(41)14-21-5-4-12-40(19-21)31(42)37-23-6-2-1-3-7-23/h1-3,6-7,10-11,13,15-18,21H,4-5,8-9,12,14,19H2,(H,37,42)(H,38,41)(H2,34,35,36,39)/t21-/m0/s1. The predicted octanol–water partition coefficient (Wildman–Crippen LogP) is 6.38. The molecule has 10 nitrogen and oxygen atoms in total. The van der Waals surface area contributed by atoms with E-state index in [0.717, 1.165) is 53.1 Å². The minimum Gasteiger partial charge on any atom is -0.339 e. The highest BCUT2D eigenvalue weighted by molar-refractivity contribution is 6.32. The number of halogens is 1. The largest absolute Gasteiger partial charge is 0.339 e. The number of fused-ring (bicyclic) bond motifs is 6. The molecule has 2 aromatic carbocycles. The van der Waals surface area contributed by atoms with E-state index in [0.29, 0.717) is 42.7 Å². The van der Waals surface area contributed by atoms with E-state index in [1.165, 1.54) is 0 Å². The van der Waals surface area contributed by atoms with E-state index >= 15 is 0 Å². The second-order valence-corrected chi connectivity index (χ2v) is 11.0. The molecule has 2 aromatic heterocycles. The first kappa shape index (κ1) is 27.5. The molecular formula is C31H31ClN8O2. The first-order valence-electron chi connectivity index (χ1n) is 14.0. The Morgan fingerprint density at radius 1 is 0.976 bits per heavy atom. The zero-order valence-corrected chi connectivity index (χ0v) is 23.7. The number of carbonyl (C=O) groups excluding carboxylic acids is 2. The molecule has 214 valence electrons. The summed E-state index contributed by atoms with van der Waals surface area (Å²) >= 11 is 6.38. The second kappa shape index (κ2) is 12.4. The maximum atomic E-state index is 13.2. The lowest BCUT2D eigenvalue weighted by Gasteiger charge is -2.32.